The first-order valence-corrected chi connectivity index (χ1v) is 21.4. The Hall–Kier alpha value is -4.84. The molecule has 2 aromatic heterocycles. The highest BCUT2D eigenvalue weighted by Gasteiger charge is 2.40. The van der Waals surface area contributed by atoms with Gasteiger partial charge in [-0.3, -0.25) is 29.2 Å². The largest absolute Gasteiger partial charge is 0.388 e. The number of aromatic nitrogens is 3. The monoisotopic (exact) mass is 818 g/mol. The maximum atomic E-state index is 13.9. The van der Waals surface area contributed by atoms with Gasteiger partial charge in [0.25, 0.3) is 12.0 Å². The van der Waals surface area contributed by atoms with Gasteiger partial charge in [0.15, 0.2) is 0 Å². The van der Waals surface area contributed by atoms with Crippen molar-refractivity contribution in [3.05, 3.63) is 87.8 Å². The number of alkyl halides is 2. The van der Waals surface area contributed by atoms with Gasteiger partial charge in [0, 0.05) is 75.5 Å². The van der Waals surface area contributed by atoms with Crippen LogP contribution in [0.1, 0.15) is 86.9 Å². The number of pyridine rings is 1. The molecular weight excluding hydrogens is 771 g/mol. The second-order valence-electron chi connectivity index (χ2n) is 16.1. The molecule has 4 fully saturated rings. The zero-order chi connectivity index (χ0) is 40.8. The Morgan fingerprint density at radius 3 is 2.38 bits per heavy atom. The lowest BCUT2D eigenvalue weighted by molar-refractivity contribution is -0.134. The highest BCUT2D eigenvalue weighted by atomic mass is 32.2. The number of benzene rings is 2. The van der Waals surface area contributed by atoms with Gasteiger partial charge in [-0.05, 0) is 80.8 Å². The van der Waals surface area contributed by atoms with Crippen LogP contribution in [0.25, 0.3) is 11.0 Å². The smallest absolute Gasteiger partial charge is 0.269 e. The van der Waals surface area contributed by atoms with E-state index >= 15 is 0 Å². The fraction of sp³-hybridized carbons (Fsp3) is 0.488. The molecule has 1 aliphatic carbocycles. The van der Waals surface area contributed by atoms with Crippen LogP contribution in [0.3, 0.4) is 0 Å². The summed E-state index contributed by atoms with van der Waals surface area (Å²) in [5.41, 5.74) is 0.249. The standard InChI is InChI=1S/C41H48F2N8O6S/c1-41(55)15-3-6-34(41)51-37-28(22-33(36(42)43)39(51)54)24-44-40(47-37)45-29-13-16-50(17-14-29)58(56,57)31-5-2-4-30(23-31)49-20-18-48(19-21-49)25-26-7-9-27(10-8-26)32-11-12-35(52)46-38(32)53/h2,4-5,7-10,22-24,29,32,34,36,55H,3,6,11-21,25H2,1H3,(H,44,45,47)(H,46,52,53)/t32?,34-,41-/m1/s1. The van der Waals surface area contributed by atoms with Crippen LogP contribution in [-0.4, -0.2) is 100.0 Å². The molecule has 4 aliphatic rings. The van der Waals surface area contributed by atoms with E-state index in [-0.39, 0.29) is 58.7 Å². The Bertz CT molecular complexity index is 2360. The molecule has 2 amide bonds. The number of amides is 2. The van der Waals surface area contributed by atoms with Crippen molar-refractivity contribution in [2.24, 2.45) is 0 Å². The maximum absolute atomic E-state index is 13.9. The summed E-state index contributed by atoms with van der Waals surface area (Å²) in [5.74, 6) is -0.580. The number of hydrogen-bond donors (Lipinski definition) is 3. The number of imide groups is 1. The van der Waals surface area contributed by atoms with Gasteiger partial charge in [-0.15, -0.1) is 0 Å². The third kappa shape index (κ3) is 8.09. The molecule has 17 heteroatoms. The van der Waals surface area contributed by atoms with Gasteiger partial charge in [0.05, 0.1) is 28.0 Å². The summed E-state index contributed by atoms with van der Waals surface area (Å²) in [5, 5.41) is 17.0. The average molecular weight is 819 g/mol. The van der Waals surface area contributed by atoms with Gasteiger partial charge >= 0.3 is 0 Å². The molecular formula is C41H48F2N8O6S. The first-order chi connectivity index (χ1) is 27.8. The van der Waals surface area contributed by atoms with Crippen LogP contribution in [0.5, 0.6) is 0 Å². The zero-order valence-electron chi connectivity index (χ0n) is 32.3. The Morgan fingerprint density at radius 2 is 1.71 bits per heavy atom. The van der Waals surface area contributed by atoms with E-state index in [1.807, 2.05) is 30.3 Å². The molecule has 3 aliphatic heterocycles. The number of anilines is 2. The third-order valence-electron chi connectivity index (χ3n) is 12.2. The fourth-order valence-electron chi connectivity index (χ4n) is 8.90. The molecule has 1 saturated carbocycles. The van der Waals surface area contributed by atoms with Crippen molar-refractivity contribution in [1.29, 1.82) is 0 Å². The molecule has 3 N–H and O–H groups in total. The topological polar surface area (TPSA) is 170 Å². The van der Waals surface area contributed by atoms with Crippen LogP contribution in [0.15, 0.2) is 70.5 Å². The third-order valence-corrected chi connectivity index (χ3v) is 14.1. The predicted octanol–water partition coefficient (Wildman–Crippen LogP) is 4.31. The van der Waals surface area contributed by atoms with Crippen LogP contribution >= 0.6 is 0 Å². The predicted molar refractivity (Wildman–Crippen MR) is 213 cm³/mol. The quantitative estimate of drug-likeness (QED) is 0.195. The minimum absolute atomic E-state index is 0.165. The van der Waals surface area contributed by atoms with E-state index in [0.717, 1.165) is 55.6 Å². The lowest BCUT2D eigenvalue weighted by atomic mass is 9.90. The summed E-state index contributed by atoms with van der Waals surface area (Å²) in [6, 6.07) is 15.3. The van der Waals surface area contributed by atoms with Crippen LogP contribution in [0.2, 0.25) is 0 Å². The number of carbonyl (C=O) groups excluding carboxylic acids is 2. The molecule has 5 heterocycles. The molecule has 2 aromatic carbocycles. The summed E-state index contributed by atoms with van der Waals surface area (Å²) in [6.45, 7) is 5.94. The first kappa shape index (κ1) is 40.0. The molecule has 1 unspecified atom stereocenters. The number of fused-ring (bicyclic) bond motifs is 1. The minimum atomic E-state index is -3.79. The van der Waals surface area contributed by atoms with Crippen molar-refractivity contribution in [3.8, 4) is 0 Å². The van der Waals surface area contributed by atoms with Gasteiger partial charge in [0.2, 0.25) is 27.8 Å². The number of rotatable bonds is 10. The van der Waals surface area contributed by atoms with Crippen molar-refractivity contribution >= 4 is 44.5 Å². The van der Waals surface area contributed by atoms with Gasteiger partial charge in [0.1, 0.15) is 5.65 Å². The van der Waals surface area contributed by atoms with Gasteiger partial charge < -0.3 is 15.3 Å². The maximum Gasteiger partial charge on any atom is 0.269 e. The molecule has 8 rings (SSSR count). The zero-order valence-corrected chi connectivity index (χ0v) is 33.1. The van der Waals surface area contributed by atoms with Gasteiger partial charge in [-0.25, -0.2) is 22.2 Å². The van der Waals surface area contributed by atoms with Crippen molar-refractivity contribution in [2.75, 3.05) is 49.5 Å². The number of nitrogens with one attached hydrogen (secondary N) is 2. The van der Waals surface area contributed by atoms with E-state index in [1.54, 1.807) is 25.1 Å². The summed E-state index contributed by atoms with van der Waals surface area (Å²) < 4.78 is 58.2. The number of aliphatic hydroxyl groups is 1. The number of halogens is 2. The molecule has 3 atom stereocenters. The molecule has 4 aromatic rings. The number of piperazine rings is 1. The normalized spacial score (nSPS) is 24.1. The Balaban J connectivity index is 0.872. The molecule has 58 heavy (non-hydrogen) atoms. The van der Waals surface area contributed by atoms with E-state index in [1.165, 1.54) is 15.1 Å². The Labute approximate surface area is 335 Å². The highest BCUT2D eigenvalue weighted by Crippen LogP contribution is 2.40. The molecule has 3 saturated heterocycles. The average Bonchev–Trinajstić information content (AvgIpc) is 3.56. The molecule has 0 radical (unpaired) electrons. The summed E-state index contributed by atoms with van der Waals surface area (Å²) in [7, 11) is -3.79. The van der Waals surface area contributed by atoms with Crippen molar-refractivity contribution in [1.82, 2.24) is 29.1 Å². The van der Waals surface area contributed by atoms with Crippen LogP contribution in [-0.2, 0) is 26.2 Å². The molecule has 0 spiro atoms. The van der Waals surface area contributed by atoms with Crippen molar-refractivity contribution in [2.45, 2.75) is 93.3 Å². The van der Waals surface area contributed by atoms with Gasteiger partial charge in [-0.1, -0.05) is 30.3 Å². The summed E-state index contributed by atoms with van der Waals surface area (Å²) >= 11 is 0. The van der Waals surface area contributed by atoms with Crippen molar-refractivity contribution in [3.63, 3.8) is 0 Å². The minimum Gasteiger partial charge on any atom is -0.388 e. The van der Waals surface area contributed by atoms with E-state index < -0.39 is 39.2 Å². The number of piperidine rings is 2. The molecule has 0 bridgehead atoms. The van der Waals surface area contributed by atoms with Crippen molar-refractivity contribution < 1.29 is 31.9 Å². The SMILES string of the molecule is C[C@@]1(O)CCC[C@H]1n1c(=O)c(C(F)F)cc2cnc(NC3CCN(S(=O)(=O)c4cccc(N5CCN(Cc6ccc(C7CCC(=O)NC7=O)cc6)CC5)c4)CC3)nc21. The van der Waals surface area contributed by atoms with Crippen LogP contribution < -0.4 is 21.1 Å². The fourth-order valence-corrected chi connectivity index (χ4v) is 10.4. The summed E-state index contributed by atoms with van der Waals surface area (Å²) in [6.07, 6.45) is 1.71. The second-order valence-corrected chi connectivity index (χ2v) is 18.1. The number of hydrogen-bond acceptors (Lipinski definition) is 11. The van der Waals surface area contributed by atoms with E-state index in [4.69, 9.17) is 0 Å². The van der Waals surface area contributed by atoms with Gasteiger partial charge in [-0.2, -0.15) is 9.29 Å². The Kier molecular flexibility index (Phi) is 11.1. The van der Waals surface area contributed by atoms with E-state index in [0.29, 0.717) is 44.9 Å². The number of carbonyl (C=O) groups is 2. The van der Waals surface area contributed by atoms with Crippen LogP contribution in [0.4, 0.5) is 20.4 Å². The van der Waals surface area contributed by atoms with Crippen LogP contribution in [0, 0.1) is 0 Å². The lowest BCUT2D eigenvalue weighted by Crippen LogP contribution is -2.46. The summed E-state index contributed by atoms with van der Waals surface area (Å²) in [4.78, 5) is 50.8. The molecule has 14 nitrogen and oxygen atoms in total. The number of nitrogens with zero attached hydrogens (tertiary/aromatic N) is 6. The Morgan fingerprint density at radius 1 is 0.966 bits per heavy atom. The highest BCUT2D eigenvalue weighted by molar-refractivity contribution is 7.89. The van der Waals surface area contributed by atoms with E-state index in [2.05, 4.69) is 30.4 Å². The molecule has 308 valence electrons. The van der Waals surface area contributed by atoms with E-state index in [9.17, 15) is 36.7 Å². The number of sulfonamides is 1. The first-order valence-electron chi connectivity index (χ1n) is 20.0. The second kappa shape index (κ2) is 16.1. The lowest BCUT2D eigenvalue weighted by Gasteiger charge is -2.36.